The van der Waals surface area contributed by atoms with E-state index in [1.807, 2.05) is 17.9 Å². The Morgan fingerprint density at radius 1 is 1.26 bits per heavy atom. The molecule has 4 heterocycles. The molecule has 0 saturated carbocycles. The van der Waals surface area contributed by atoms with Crippen molar-refractivity contribution in [3.63, 3.8) is 0 Å². The van der Waals surface area contributed by atoms with E-state index in [0.29, 0.717) is 24.7 Å². The van der Waals surface area contributed by atoms with Crippen molar-refractivity contribution in [2.24, 2.45) is 0 Å². The highest BCUT2D eigenvalue weighted by atomic mass is 19.1. The maximum Gasteiger partial charge on any atom is 0.410 e. The number of piperidine rings is 1. The molecule has 0 N–H and O–H groups in total. The number of halogens is 1. The van der Waals surface area contributed by atoms with Crippen LogP contribution in [-0.2, 0) is 11.2 Å². The van der Waals surface area contributed by atoms with Crippen LogP contribution in [0.15, 0.2) is 18.6 Å². The third-order valence-corrected chi connectivity index (χ3v) is 5.30. The van der Waals surface area contributed by atoms with Gasteiger partial charge in [0.2, 0.25) is 5.88 Å². The molecule has 2 aliphatic heterocycles. The van der Waals surface area contributed by atoms with E-state index >= 15 is 0 Å². The van der Waals surface area contributed by atoms with E-state index in [9.17, 15) is 9.18 Å². The van der Waals surface area contributed by atoms with Crippen molar-refractivity contribution in [2.45, 2.75) is 58.4 Å². The van der Waals surface area contributed by atoms with Crippen molar-refractivity contribution in [2.75, 3.05) is 24.5 Å². The van der Waals surface area contributed by atoms with Crippen molar-refractivity contribution in [1.82, 2.24) is 25.1 Å². The number of hydrogen-bond donors (Lipinski definition) is 0. The van der Waals surface area contributed by atoms with Gasteiger partial charge in [-0.25, -0.2) is 19.2 Å². The van der Waals surface area contributed by atoms with Gasteiger partial charge in [0.15, 0.2) is 6.17 Å². The maximum atomic E-state index is 14.9. The second-order valence-electron chi connectivity index (χ2n) is 8.78. The number of aromatic nitrogens is 4. The average molecular weight is 430 g/mol. The molecular formula is C21H27FN6O3. The minimum absolute atomic E-state index is 0.0747. The number of rotatable bonds is 3. The van der Waals surface area contributed by atoms with Gasteiger partial charge in [-0.2, -0.15) is 10.2 Å². The summed E-state index contributed by atoms with van der Waals surface area (Å²) in [7, 11) is 0. The zero-order valence-electron chi connectivity index (χ0n) is 18.2. The Labute approximate surface area is 180 Å². The molecule has 0 aliphatic carbocycles. The fourth-order valence-electron chi connectivity index (χ4n) is 3.80. The molecule has 9 nitrogen and oxygen atoms in total. The number of anilines is 2. The Balaban J connectivity index is 1.45. The molecule has 0 aromatic carbocycles. The van der Waals surface area contributed by atoms with Crippen molar-refractivity contribution in [3.8, 4) is 5.88 Å². The number of carbonyl (C=O) groups is 1. The molecular weight excluding hydrogens is 403 g/mol. The predicted molar refractivity (Wildman–Crippen MR) is 111 cm³/mol. The Morgan fingerprint density at radius 2 is 2.06 bits per heavy atom. The van der Waals surface area contributed by atoms with Gasteiger partial charge >= 0.3 is 6.09 Å². The van der Waals surface area contributed by atoms with E-state index < -0.39 is 24.0 Å². The van der Waals surface area contributed by atoms with Gasteiger partial charge in [-0.15, -0.1) is 0 Å². The smallest absolute Gasteiger partial charge is 0.410 e. The van der Waals surface area contributed by atoms with Gasteiger partial charge in [0.25, 0.3) is 0 Å². The lowest BCUT2D eigenvalue weighted by molar-refractivity contribution is -0.0116. The Morgan fingerprint density at radius 3 is 2.81 bits per heavy atom. The molecule has 4 rings (SSSR count). The van der Waals surface area contributed by atoms with Gasteiger partial charge in [-0.3, -0.25) is 0 Å². The number of hydrogen-bond acceptors (Lipinski definition) is 8. The molecule has 31 heavy (non-hydrogen) atoms. The van der Waals surface area contributed by atoms with E-state index in [2.05, 4.69) is 20.2 Å². The highest BCUT2D eigenvalue weighted by Gasteiger charge is 2.36. The summed E-state index contributed by atoms with van der Waals surface area (Å²) in [4.78, 5) is 24.3. The van der Waals surface area contributed by atoms with Crippen LogP contribution in [0.25, 0.3) is 0 Å². The number of fused-ring (bicyclic) bond motifs is 1. The van der Waals surface area contributed by atoms with Crippen molar-refractivity contribution in [3.05, 3.63) is 29.8 Å². The van der Waals surface area contributed by atoms with Crippen LogP contribution in [0.2, 0.25) is 0 Å². The SMILES string of the molecule is Cc1c(O[C@@H]2CCN(C(=O)OC(C)(C)C)C[C@@H]2F)ncnc1N1CCc2nnccc21. The first kappa shape index (κ1) is 21.2. The standard InChI is InChI=1S/C21H27FN6O3/c1-13-18(28-10-6-15-16(28)5-8-25-26-15)23-12-24-19(13)30-17-7-9-27(11-14(17)22)20(29)31-21(2,3)4/h5,8,12,14,17H,6-7,9-11H2,1-4H3/t14-,17+/m0/s1. The summed E-state index contributed by atoms with van der Waals surface area (Å²) in [6.07, 6.45) is 1.65. The predicted octanol–water partition coefficient (Wildman–Crippen LogP) is 3.00. The molecule has 166 valence electrons. The molecule has 10 heteroatoms. The van der Waals surface area contributed by atoms with Crippen LogP contribution in [-0.4, -0.2) is 68.7 Å². The van der Waals surface area contributed by atoms with E-state index in [1.54, 1.807) is 27.0 Å². The molecule has 1 fully saturated rings. The van der Waals surface area contributed by atoms with Crippen LogP contribution < -0.4 is 9.64 Å². The lowest BCUT2D eigenvalue weighted by Crippen LogP contribution is -2.50. The third kappa shape index (κ3) is 4.52. The summed E-state index contributed by atoms with van der Waals surface area (Å²) >= 11 is 0. The third-order valence-electron chi connectivity index (χ3n) is 5.30. The number of nitrogens with zero attached hydrogens (tertiary/aromatic N) is 6. The fourth-order valence-corrected chi connectivity index (χ4v) is 3.80. The lowest BCUT2D eigenvalue weighted by atomic mass is 10.1. The fraction of sp³-hybridized carbons (Fsp3) is 0.571. The van der Waals surface area contributed by atoms with Crippen molar-refractivity contribution >= 4 is 17.6 Å². The van der Waals surface area contributed by atoms with Gasteiger partial charge in [-0.1, -0.05) is 0 Å². The summed E-state index contributed by atoms with van der Waals surface area (Å²) in [5.74, 6) is 1.05. The molecule has 2 aromatic heterocycles. The summed E-state index contributed by atoms with van der Waals surface area (Å²) in [6, 6.07) is 1.90. The van der Waals surface area contributed by atoms with Gasteiger partial charge in [0.05, 0.1) is 29.7 Å². The topological polar surface area (TPSA) is 93.6 Å². The normalized spacial score (nSPS) is 21.1. The first-order chi connectivity index (χ1) is 14.7. The molecule has 0 radical (unpaired) electrons. The van der Waals surface area contributed by atoms with E-state index in [4.69, 9.17) is 9.47 Å². The van der Waals surface area contributed by atoms with E-state index in [-0.39, 0.29) is 6.54 Å². The van der Waals surface area contributed by atoms with Crippen molar-refractivity contribution in [1.29, 1.82) is 0 Å². The van der Waals surface area contributed by atoms with Crippen LogP contribution in [0.5, 0.6) is 5.88 Å². The van der Waals surface area contributed by atoms with Crippen LogP contribution >= 0.6 is 0 Å². The zero-order chi connectivity index (χ0) is 22.2. The first-order valence-corrected chi connectivity index (χ1v) is 10.4. The maximum absolute atomic E-state index is 14.9. The van der Waals surface area contributed by atoms with Crippen LogP contribution in [0, 0.1) is 6.92 Å². The largest absolute Gasteiger partial charge is 0.471 e. The minimum Gasteiger partial charge on any atom is -0.471 e. The molecule has 0 bridgehead atoms. The Bertz CT molecular complexity index is 966. The molecule has 0 spiro atoms. The van der Waals surface area contributed by atoms with Crippen molar-refractivity contribution < 1.29 is 18.7 Å². The number of amides is 1. The number of alkyl halides is 1. The van der Waals surface area contributed by atoms with E-state index in [1.165, 1.54) is 11.2 Å². The van der Waals surface area contributed by atoms with Crippen LogP contribution in [0.4, 0.5) is 20.7 Å². The summed E-state index contributed by atoms with van der Waals surface area (Å²) in [5, 5.41) is 8.11. The lowest BCUT2D eigenvalue weighted by Gasteiger charge is -2.35. The van der Waals surface area contributed by atoms with Gasteiger partial charge in [-0.05, 0) is 33.8 Å². The van der Waals surface area contributed by atoms with Gasteiger partial charge in [0.1, 0.15) is 23.9 Å². The Hall–Kier alpha value is -3.04. The molecule has 2 aliphatic rings. The highest BCUT2D eigenvalue weighted by Crippen LogP contribution is 2.35. The minimum atomic E-state index is -1.35. The quantitative estimate of drug-likeness (QED) is 0.734. The summed E-state index contributed by atoms with van der Waals surface area (Å²) in [5.41, 5.74) is 1.98. The van der Waals surface area contributed by atoms with Gasteiger partial charge in [0, 0.05) is 25.9 Å². The second kappa shape index (κ2) is 8.24. The molecule has 1 amide bonds. The Kier molecular flexibility index (Phi) is 5.63. The molecule has 2 atom stereocenters. The highest BCUT2D eigenvalue weighted by molar-refractivity contribution is 5.69. The molecule has 0 unspecified atom stereocenters. The molecule has 2 aromatic rings. The zero-order valence-corrected chi connectivity index (χ0v) is 18.2. The molecule has 1 saturated heterocycles. The van der Waals surface area contributed by atoms with Crippen LogP contribution in [0.1, 0.15) is 38.4 Å². The number of likely N-dealkylation sites (tertiary alicyclic amines) is 1. The van der Waals surface area contributed by atoms with E-state index in [0.717, 1.165) is 29.9 Å². The number of ether oxygens (including phenoxy) is 2. The second-order valence-corrected chi connectivity index (χ2v) is 8.78. The average Bonchev–Trinajstić information content (AvgIpc) is 3.13. The monoisotopic (exact) mass is 430 g/mol. The summed E-state index contributed by atoms with van der Waals surface area (Å²) in [6.45, 7) is 8.23. The van der Waals surface area contributed by atoms with Gasteiger partial charge < -0.3 is 19.3 Å². The first-order valence-electron chi connectivity index (χ1n) is 10.4. The number of carbonyl (C=O) groups excluding carboxylic acids is 1. The summed E-state index contributed by atoms with van der Waals surface area (Å²) < 4.78 is 26.2. The van der Waals surface area contributed by atoms with Crippen LogP contribution in [0.3, 0.4) is 0 Å².